The highest BCUT2D eigenvalue weighted by Gasteiger charge is 2.19. The molecule has 1 atom stereocenters. The molecule has 1 aliphatic rings. The molecule has 3 rings (SSSR count). The van der Waals surface area contributed by atoms with Crippen molar-refractivity contribution in [3.63, 3.8) is 0 Å². The van der Waals surface area contributed by atoms with Gasteiger partial charge in [0.1, 0.15) is 12.4 Å². The van der Waals surface area contributed by atoms with Gasteiger partial charge in [0, 0.05) is 12.1 Å². The number of nitrogens with one attached hydrogen (secondary N) is 1. The first-order valence-electron chi connectivity index (χ1n) is 7.25. The van der Waals surface area contributed by atoms with Crippen molar-refractivity contribution >= 4 is 0 Å². The standard InChI is InChI=1S/C16H20N2O2/c1-2-17-16-5-3-4-12-10-13(6-7-15(12)16)19-11-14-8-9-18-20-14/h6-10,16-17H,2-5,11H2,1H3. The van der Waals surface area contributed by atoms with Crippen LogP contribution in [0.25, 0.3) is 0 Å². The van der Waals surface area contributed by atoms with Crippen LogP contribution in [0.3, 0.4) is 0 Å². The van der Waals surface area contributed by atoms with Gasteiger partial charge in [-0.1, -0.05) is 18.1 Å². The third kappa shape index (κ3) is 2.85. The number of rotatable bonds is 5. The second-order valence-corrected chi connectivity index (χ2v) is 5.13. The molecule has 0 saturated carbocycles. The minimum absolute atomic E-state index is 0.426. The van der Waals surface area contributed by atoms with E-state index in [9.17, 15) is 0 Å². The van der Waals surface area contributed by atoms with E-state index in [0.717, 1.165) is 24.5 Å². The predicted molar refractivity (Wildman–Crippen MR) is 76.6 cm³/mol. The van der Waals surface area contributed by atoms with Crippen LogP contribution >= 0.6 is 0 Å². The summed E-state index contributed by atoms with van der Waals surface area (Å²) in [5.74, 6) is 1.64. The van der Waals surface area contributed by atoms with Crippen molar-refractivity contribution in [3.05, 3.63) is 47.3 Å². The van der Waals surface area contributed by atoms with Crippen molar-refractivity contribution in [2.45, 2.75) is 38.8 Å². The summed E-state index contributed by atoms with van der Waals surface area (Å²) < 4.78 is 10.8. The average Bonchev–Trinajstić information content (AvgIpc) is 2.99. The minimum Gasteiger partial charge on any atom is -0.486 e. The van der Waals surface area contributed by atoms with E-state index in [-0.39, 0.29) is 0 Å². The molecule has 1 aromatic heterocycles. The number of aromatic nitrogens is 1. The Labute approximate surface area is 119 Å². The van der Waals surface area contributed by atoms with Crippen LogP contribution in [0.4, 0.5) is 0 Å². The van der Waals surface area contributed by atoms with Gasteiger partial charge >= 0.3 is 0 Å². The zero-order valence-corrected chi connectivity index (χ0v) is 11.8. The normalized spacial score (nSPS) is 17.8. The Hall–Kier alpha value is -1.81. The van der Waals surface area contributed by atoms with Gasteiger partial charge in [0.05, 0.1) is 6.20 Å². The van der Waals surface area contributed by atoms with E-state index in [1.54, 1.807) is 6.20 Å². The lowest BCUT2D eigenvalue weighted by molar-refractivity contribution is 0.249. The molecule has 1 aromatic carbocycles. The van der Waals surface area contributed by atoms with Crippen molar-refractivity contribution < 1.29 is 9.26 Å². The van der Waals surface area contributed by atoms with Crippen molar-refractivity contribution in [2.75, 3.05) is 6.54 Å². The molecule has 1 heterocycles. The Kier molecular flexibility index (Phi) is 4.02. The molecule has 0 spiro atoms. The minimum atomic E-state index is 0.426. The van der Waals surface area contributed by atoms with Gasteiger partial charge in [0.15, 0.2) is 5.76 Å². The van der Waals surface area contributed by atoms with E-state index in [2.05, 4.69) is 29.5 Å². The number of nitrogens with zero attached hydrogens (tertiary/aromatic N) is 1. The summed E-state index contributed by atoms with van der Waals surface area (Å²) in [5.41, 5.74) is 2.82. The Morgan fingerprint density at radius 2 is 2.35 bits per heavy atom. The van der Waals surface area contributed by atoms with Crippen molar-refractivity contribution in [3.8, 4) is 5.75 Å². The largest absolute Gasteiger partial charge is 0.486 e. The second kappa shape index (κ2) is 6.09. The molecular weight excluding hydrogens is 252 g/mol. The average molecular weight is 272 g/mol. The summed E-state index contributed by atoms with van der Waals surface area (Å²) in [6, 6.07) is 8.71. The molecule has 0 saturated heterocycles. The summed E-state index contributed by atoms with van der Waals surface area (Å²) in [6.45, 7) is 3.59. The van der Waals surface area contributed by atoms with Crippen LogP contribution in [0, 0.1) is 0 Å². The second-order valence-electron chi connectivity index (χ2n) is 5.13. The maximum Gasteiger partial charge on any atom is 0.174 e. The maximum atomic E-state index is 5.76. The third-order valence-corrected chi connectivity index (χ3v) is 3.75. The first kappa shape index (κ1) is 13.2. The van der Waals surface area contributed by atoms with Crippen LogP contribution in [0.5, 0.6) is 5.75 Å². The van der Waals surface area contributed by atoms with Gasteiger partial charge in [0.25, 0.3) is 0 Å². The summed E-state index contributed by atoms with van der Waals surface area (Å²) in [4.78, 5) is 0. The van der Waals surface area contributed by atoms with Gasteiger partial charge in [0.2, 0.25) is 0 Å². The van der Waals surface area contributed by atoms with Crippen molar-refractivity contribution in [1.29, 1.82) is 0 Å². The Morgan fingerprint density at radius 1 is 1.40 bits per heavy atom. The molecule has 20 heavy (non-hydrogen) atoms. The lowest BCUT2D eigenvalue weighted by Crippen LogP contribution is -2.24. The topological polar surface area (TPSA) is 47.3 Å². The molecule has 1 N–H and O–H groups in total. The molecule has 4 heteroatoms. The first-order chi connectivity index (χ1) is 9.86. The molecule has 0 bridgehead atoms. The number of fused-ring (bicyclic) bond motifs is 1. The fraction of sp³-hybridized carbons (Fsp3) is 0.438. The summed E-state index contributed by atoms with van der Waals surface area (Å²) in [5, 5.41) is 7.22. The van der Waals surface area contributed by atoms with Gasteiger partial charge < -0.3 is 14.6 Å². The Balaban J connectivity index is 1.72. The zero-order chi connectivity index (χ0) is 13.8. The monoisotopic (exact) mass is 272 g/mol. The Bertz CT molecular complexity index is 552. The maximum absolute atomic E-state index is 5.76. The highest BCUT2D eigenvalue weighted by Crippen LogP contribution is 2.32. The van der Waals surface area contributed by atoms with Crippen molar-refractivity contribution in [1.82, 2.24) is 10.5 Å². The highest BCUT2D eigenvalue weighted by molar-refractivity contribution is 5.39. The lowest BCUT2D eigenvalue weighted by atomic mass is 9.87. The van der Waals surface area contributed by atoms with E-state index in [1.165, 1.54) is 24.0 Å². The Morgan fingerprint density at radius 3 is 3.15 bits per heavy atom. The summed E-state index contributed by atoms with van der Waals surface area (Å²) >= 11 is 0. The van der Waals surface area contributed by atoms with Crippen molar-refractivity contribution in [2.24, 2.45) is 0 Å². The number of hydrogen-bond donors (Lipinski definition) is 1. The quantitative estimate of drug-likeness (QED) is 0.907. The molecule has 0 fully saturated rings. The van der Waals surface area contributed by atoms with Gasteiger partial charge in [-0.3, -0.25) is 0 Å². The number of ether oxygens (including phenoxy) is 1. The SMILES string of the molecule is CCNC1CCCc2cc(OCc3ccno3)ccc21. The predicted octanol–water partition coefficient (Wildman–Crippen LogP) is 3.24. The van der Waals surface area contributed by atoms with E-state index in [1.807, 2.05) is 12.1 Å². The highest BCUT2D eigenvalue weighted by atomic mass is 16.5. The van der Waals surface area contributed by atoms with Gasteiger partial charge in [-0.15, -0.1) is 0 Å². The van der Waals surface area contributed by atoms with Gasteiger partial charge in [-0.2, -0.15) is 0 Å². The molecule has 106 valence electrons. The fourth-order valence-electron chi connectivity index (χ4n) is 2.81. The molecule has 0 radical (unpaired) electrons. The van der Waals surface area contributed by atoms with Crippen LogP contribution in [-0.4, -0.2) is 11.7 Å². The molecule has 2 aromatic rings. The molecular formula is C16H20N2O2. The summed E-state index contributed by atoms with van der Waals surface area (Å²) in [6.07, 6.45) is 5.22. The van der Waals surface area contributed by atoms with E-state index in [0.29, 0.717) is 12.6 Å². The van der Waals surface area contributed by atoms with E-state index >= 15 is 0 Å². The lowest BCUT2D eigenvalue weighted by Gasteiger charge is -2.26. The molecule has 4 nitrogen and oxygen atoms in total. The van der Waals surface area contributed by atoms with E-state index < -0.39 is 0 Å². The number of hydrogen-bond acceptors (Lipinski definition) is 4. The third-order valence-electron chi connectivity index (χ3n) is 3.75. The van der Waals surface area contributed by atoms with Crippen LogP contribution < -0.4 is 10.1 Å². The first-order valence-corrected chi connectivity index (χ1v) is 7.25. The molecule has 0 aliphatic heterocycles. The van der Waals surface area contributed by atoms with Gasteiger partial charge in [-0.25, -0.2) is 0 Å². The number of benzene rings is 1. The smallest absolute Gasteiger partial charge is 0.174 e. The molecule has 1 unspecified atom stereocenters. The van der Waals surface area contributed by atoms with Crippen LogP contribution in [0.1, 0.15) is 42.7 Å². The zero-order valence-electron chi connectivity index (χ0n) is 11.8. The number of aryl methyl sites for hydroxylation is 1. The molecule has 1 aliphatic carbocycles. The van der Waals surface area contributed by atoms with Crippen LogP contribution in [0.2, 0.25) is 0 Å². The van der Waals surface area contributed by atoms with Crippen LogP contribution in [-0.2, 0) is 13.0 Å². The van der Waals surface area contributed by atoms with Gasteiger partial charge in [-0.05, 0) is 49.1 Å². The fourth-order valence-corrected chi connectivity index (χ4v) is 2.81. The molecule has 0 amide bonds. The van der Waals surface area contributed by atoms with E-state index in [4.69, 9.17) is 9.26 Å². The van der Waals surface area contributed by atoms with Crippen LogP contribution in [0.15, 0.2) is 35.0 Å². The summed E-state index contributed by atoms with van der Waals surface area (Å²) in [7, 11) is 0.